The number of carbonyl (C=O) groups is 1. The van der Waals surface area contributed by atoms with Gasteiger partial charge in [-0.15, -0.1) is 0 Å². The van der Waals surface area contributed by atoms with Gasteiger partial charge in [0.15, 0.2) is 0 Å². The van der Waals surface area contributed by atoms with Gasteiger partial charge in [-0.2, -0.15) is 0 Å². The smallest absolute Gasteiger partial charge is 0.251 e. The van der Waals surface area contributed by atoms with Crippen LogP contribution in [0, 0.1) is 5.92 Å². The van der Waals surface area contributed by atoms with Crippen LogP contribution in [0.5, 0.6) is 0 Å². The summed E-state index contributed by atoms with van der Waals surface area (Å²) in [4.78, 5) is 17.4. The molecular formula is C22H23N3O2. The number of aryl methyl sites for hydroxylation is 1. The van der Waals surface area contributed by atoms with E-state index < -0.39 is 0 Å². The molecule has 0 radical (unpaired) electrons. The van der Waals surface area contributed by atoms with Gasteiger partial charge in [0, 0.05) is 25.0 Å². The molecule has 1 aliphatic rings. The average Bonchev–Trinajstić information content (AvgIpc) is 3.47. The van der Waals surface area contributed by atoms with Gasteiger partial charge in [-0.25, -0.2) is 4.98 Å². The lowest BCUT2D eigenvalue weighted by Crippen LogP contribution is -2.31. The summed E-state index contributed by atoms with van der Waals surface area (Å²) in [5, 5.41) is 12.8. The molecule has 1 heterocycles. The maximum absolute atomic E-state index is 12.9. The highest BCUT2D eigenvalue weighted by Gasteiger charge is 2.35. The van der Waals surface area contributed by atoms with Crippen LogP contribution in [0.3, 0.4) is 0 Å². The van der Waals surface area contributed by atoms with Crippen LogP contribution in [0.1, 0.15) is 40.6 Å². The third kappa shape index (κ3) is 3.64. The summed E-state index contributed by atoms with van der Waals surface area (Å²) in [5.74, 6) is 1.25. The molecule has 3 aromatic rings. The van der Waals surface area contributed by atoms with Crippen molar-refractivity contribution >= 4 is 5.91 Å². The van der Waals surface area contributed by atoms with Gasteiger partial charge in [-0.1, -0.05) is 36.4 Å². The molecule has 4 rings (SSSR count). The van der Waals surface area contributed by atoms with Crippen molar-refractivity contribution in [2.24, 2.45) is 13.0 Å². The fourth-order valence-electron chi connectivity index (χ4n) is 3.49. The summed E-state index contributed by atoms with van der Waals surface area (Å²) in [6.45, 7) is -0.0322. The Kier molecular flexibility index (Phi) is 4.77. The first-order valence-corrected chi connectivity index (χ1v) is 9.24. The van der Waals surface area contributed by atoms with Gasteiger partial charge in [0.25, 0.3) is 5.91 Å². The molecule has 1 atom stereocenters. The van der Waals surface area contributed by atoms with Gasteiger partial charge in [0.05, 0.1) is 12.6 Å². The second-order valence-corrected chi connectivity index (χ2v) is 7.08. The Morgan fingerprint density at radius 1 is 1.26 bits per heavy atom. The normalized spacial score (nSPS) is 14.7. The summed E-state index contributed by atoms with van der Waals surface area (Å²) < 4.78 is 1.97. The molecule has 5 heteroatoms. The average molecular weight is 361 g/mol. The summed E-state index contributed by atoms with van der Waals surface area (Å²) in [5.41, 5.74) is 3.32. The van der Waals surface area contributed by atoms with Gasteiger partial charge in [0.2, 0.25) is 0 Å². The van der Waals surface area contributed by atoms with E-state index in [4.69, 9.17) is 0 Å². The third-order valence-corrected chi connectivity index (χ3v) is 5.14. The Morgan fingerprint density at radius 3 is 2.78 bits per heavy atom. The molecule has 1 saturated carbocycles. The maximum Gasteiger partial charge on any atom is 0.251 e. The molecule has 2 N–H and O–H groups in total. The van der Waals surface area contributed by atoms with E-state index in [1.54, 1.807) is 6.20 Å². The molecule has 5 nitrogen and oxygen atoms in total. The van der Waals surface area contributed by atoms with Gasteiger partial charge in [0.1, 0.15) is 5.82 Å². The van der Waals surface area contributed by atoms with Crippen molar-refractivity contribution in [1.82, 2.24) is 14.9 Å². The summed E-state index contributed by atoms with van der Waals surface area (Å²) in [6, 6.07) is 15.2. The highest BCUT2D eigenvalue weighted by molar-refractivity contribution is 5.95. The Morgan fingerprint density at radius 2 is 2.07 bits per heavy atom. The molecule has 0 aliphatic heterocycles. The minimum atomic E-state index is -0.0989. The lowest BCUT2D eigenvalue weighted by Gasteiger charge is -2.18. The Hall–Kier alpha value is -2.92. The van der Waals surface area contributed by atoms with Crippen molar-refractivity contribution in [1.29, 1.82) is 0 Å². The number of imidazole rings is 1. The van der Waals surface area contributed by atoms with E-state index in [1.807, 2.05) is 66.3 Å². The fraction of sp³-hybridized carbons (Fsp3) is 0.273. The van der Waals surface area contributed by atoms with Crippen molar-refractivity contribution in [3.8, 4) is 11.1 Å². The molecular weight excluding hydrogens is 338 g/mol. The van der Waals surface area contributed by atoms with Crippen LogP contribution in [0.4, 0.5) is 0 Å². The van der Waals surface area contributed by atoms with Gasteiger partial charge in [-0.05, 0) is 47.6 Å². The zero-order valence-electron chi connectivity index (χ0n) is 15.3. The number of carbonyl (C=O) groups excluding carboxylic acids is 1. The van der Waals surface area contributed by atoms with E-state index in [1.165, 1.54) is 0 Å². The van der Waals surface area contributed by atoms with Crippen LogP contribution < -0.4 is 5.32 Å². The number of hydrogen-bond acceptors (Lipinski definition) is 3. The SMILES string of the molecule is Cn1ccnc1[C@H](NC(=O)c1cccc(-c2ccccc2CO)c1)C1CC1. The van der Waals surface area contributed by atoms with E-state index in [9.17, 15) is 9.90 Å². The van der Waals surface area contributed by atoms with E-state index in [-0.39, 0.29) is 18.6 Å². The predicted octanol–water partition coefficient (Wildman–Crippen LogP) is 3.46. The highest BCUT2D eigenvalue weighted by atomic mass is 16.3. The zero-order valence-corrected chi connectivity index (χ0v) is 15.3. The van der Waals surface area contributed by atoms with E-state index in [2.05, 4.69) is 10.3 Å². The minimum Gasteiger partial charge on any atom is -0.392 e. The number of nitrogens with zero attached hydrogens (tertiary/aromatic N) is 2. The number of aromatic nitrogens is 2. The highest BCUT2D eigenvalue weighted by Crippen LogP contribution is 2.40. The first kappa shape index (κ1) is 17.5. The Labute approximate surface area is 158 Å². The van der Waals surface area contributed by atoms with Crippen LogP contribution in [0.15, 0.2) is 60.9 Å². The van der Waals surface area contributed by atoms with Crippen LogP contribution in [-0.4, -0.2) is 20.6 Å². The van der Waals surface area contributed by atoms with Crippen molar-refractivity contribution in [2.45, 2.75) is 25.5 Å². The van der Waals surface area contributed by atoms with Crippen LogP contribution in [-0.2, 0) is 13.7 Å². The summed E-state index contributed by atoms with van der Waals surface area (Å²) in [7, 11) is 1.95. The molecule has 27 heavy (non-hydrogen) atoms. The number of benzene rings is 2. The summed E-state index contributed by atoms with van der Waals surface area (Å²) in [6.07, 6.45) is 5.90. The topological polar surface area (TPSA) is 67.2 Å². The van der Waals surface area contributed by atoms with Gasteiger partial charge >= 0.3 is 0 Å². The van der Waals surface area contributed by atoms with Gasteiger partial charge < -0.3 is 15.0 Å². The van der Waals surface area contributed by atoms with E-state index in [0.717, 1.165) is 35.4 Å². The predicted molar refractivity (Wildman–Crippen MR) is 104 cm³/mol. The number of amides is 1. The second-order valence-electron chi connectivity index (χ2n) is 7.08. The Bertz CT molecular complexity index is 959. The third-order valence-electron chi connectivity index (χ3n) is 5.14. The standard InChI is InChI=1S/C22H23N3O2/c1-25-12-11-23-21(25)20(15-9-10-15)24-22(27)17-7-4-6-16(13-17)19-8-3-2-5-18(19)14-26/h2-8,11-13,15,20,26H,9-10,14H2,1H3,(H,24,27)/t20-/m1/s1. The molecule has 0 bridgehead atoms. The van der Waals surface area contributed by atoms with E-state index in [0.29, 0.717) is 11.5 Å². The summed E-state index contributed by atoms with van der Waals surface area (Å²) >= 11 is 0. The minimum absolute atomic E-state index is 0.0322. The monoisotopic (exact) mass is 361 g/mol. The first-order valence-electron chi connectivity index (χ1n) is 9.24. The molecule has 1 amide bonds. The molecule has 1 aromatic heterocycles. The van der Waals surface area contributed by atoms with Crippen molar-refractivity contribution < 1.29 is 9.90 Å². The molecule has 0 unspecified atom stereocenters. The number of nitrogens with one attached hydrogen (secondary N) is 1. The molecule has 0 spiro atoms. The maximum atomic E-state index is 12.9. The van der Waals surface area contributed by atoms with Crippen LogP contribution in [0.25, 0.3) is 11.1 Å². The first-order chi connectivity index (χ1) is 13.2. The van der Waals surface area contributed by atoms with Crippen LogP contribution in [0.2, 0.25) is 0 Å². The quantitative estimate of drug-likeness (QED) is 0.706. The molecule has 138 valence electrons. The van der Waals surface area contributed by atoms with Gasteiger partial charge in [-0.3, -0.25) is 4.79 Å². The second kappa shape index (κ2) is 7.37. The molecule has 1 fully saturated rings. The van der Waals surface area contributed by atoms with Crippen LogP contribution >= 0.6 is 0 Å². The lowest BCUT2D eigenvalue weighted by molar-refractivity contribution is 0.0929. The van der Waals surface area contributed by atoms with E-state index >= 15 is 0 Å². The number of rotatable bonds is 6. The zero-order chi connectivity index (χ0) is 18.8. The molecule has 1 aliphatic carbocycles. The largest absolute Gasteiger partial charge is 0.392 e. The van der Waals surface area contributed by atoms with Crippen molar-refractivity contribution in [2.75, 3.05) is 0 Å². The number of hydrogen-bond donors (Lipinski definition) is 2. The molecule has 2 aromatic carbocycles. The van der Waals surface area contributed by atoms with Crippen molar-refractivity contribution in [3.05, 3.63) is 77.9 Å². The number of aliphatic hydroxyl groups is 1. The van der Waals surface area contributed by atoms with Crippen molar-refractivity contribution in [3.63, 3.8) is 0 Å². The molecule has 0 saturated heterocycles. The fourth-order valence-corrected chi connectivity index (χ4v) is 3.49. The Balaban J connectivity index is 1.60. The lowest BCUT2D eigenvalue weighted by atomic mass is 9.98. The number of aliphatic hydroxyl groups excluding tert-OH is 1.